The molecule has 3 fully saturated rings. The van der Waals surface area contributed by atoms with Crippen LogP contribution >= 0.6 is 0 Å². The molecule has 0 amide bonds. The molecule has 138 valence electrons. The fourth-order valence-electron chi connectivity index (χ4n) is 7.21. The van der Waals surface area contributed by atoms with Crippen LogP contribution in [0.2, 0.25) is 0 Å². The van der Waals surface area contributed by atoms with Gasteiger partial charge in [0.05, 0.1) is 0 Å². The minimum atomic E-state index is -1.12. The number of Topliss-reactive ketones (excluding diaryl/α,β-unsaturated/α-hetero) is 1. The van der Waals surface area contributed by atoms with E-state index < -0.39 is 12.1 Å². The molecule has 4 aliphatic rings. The fraction of sp³-hybridized carbons (Fsp3) is 0.810. The molecule has 0 aromatic heterocycles. The maximum absolute atomic E-state index is 12.6. The topological polar surface area (TPSA) is 63.6 Å². The van der Waals surface area contributed by atoms with E-state index in [9.17, 15) is 14.7 Å². The maximum Gasteiger partial charge on any atom is 0.339 e. The van der Waals surface area contributed by atoms with Crippen molar-refractivity contribution in [3.05, 3.63) is 11.1 Å². The summed E-state index contributed by atoms with van der Waals surface area (Å²) in [5, 5.41) is 10.6. The van der Waals surface area contributed by atoms with E-state index >= 15 is 0 Å². The van der Waals surface area contributed by atoms with E-state index in [-0.39, 0.29) is 28.3 Å². The molecule has 6 unspecified atom stereocenters. The third-order valence-electron chi connectivity index (χ3n) is 8.52. The van der Waals surface area contributed by atoms with E-state index in [1.807, 2.05) is 0 Å². The van der Waals surface area contributed by atoms with Gasteiger partial charge in [0.1, 0.15) is 11.9 Å². The molecule has 4 nitrogen and oxygen atoms in total. The minimum absolute atomic E-state index is 0.0398. The first-order chi connectivity index (χ1) is 11.5. The maximum atomic E-state index is 12.6. The van der Waals surface area contributed by atoms with Crippen molar-refractivity contribution >= 4 is 11.8 Å². The van der Waals surface area contributed by atoms with Gasteiger partial charge in [-0.1, -0.05) is 33.3 Å². The van der Waals surface area contributed by atoms with Crippen LogP contribution in [-0.4, -0.2) is 29.1 Å². The second-order valence-electron chi connectivity index (χ2n) is 9.83. The fourth-order valence-corrected chi connectivity index (χ4v) is 7.21. The number of ketones is 1. The zero-order valence-corrected chi connectivity index (χ0v) is 16.0. The van der Waals surface area contributed by atoms with Crippen molar-refractivity contribution in [1.29, 1.82) is 0 Å². The third kappa shape index (κ3) is 1.92. The van der Waals surface area contributed by atoms with Crippen LogP contribution in [0.5, 0.6) is 0 Å². The quantitative estimate of drug-likeness (QED) is 0.539. The molecular formula is C21H30O4. The van der Waals surface area contributed by atoms with Gasteiger partial charge >= 0.3 is 5.97 Å². The van der Waals surface area contributed by atoms with Crippen molar-refractivity contribution in [2.75, 3.05) is 0 Å². The van der Waals surface area contributed by atoms with Crippen molar-refractivity contribution in [2.45, 2.75) is 78.9 Å². The van der Waals surface area contributed by atoms with E-state index in [2.05, 4.69) is 34.6 Å². The Morgan fingerprint density at radius 3 is 2.44 bits per heavy atom. The summed E-state index contributed by atoms with van der Waals surface area (Å²) in [6, 6.07) is 0. The summed E-state index contributed by atoms with van der Waals surface area (Å²) < 4.78 is 5.78. The first-order valence-corrected chi connectivity index (χ1v) is 9.66. The van der Waals surface area contributed by atoms with Gasteiger partial charge in [0.2, 0.25) is 0 Å². The SMILES string of the molecule is CC1=C2C(O)C(=O)OC3CC4C(C)(C)C(=O)CCC4(C)C(CC1)C23C. The number of allylic oxidation sites excluding steroid dienone is 1. The summed E-state index contributed by atoms with van der Waals surface area (Å²) in [4.78, 5) is 25.0. The van der Waals surface area contributed by atoms with Crippen LogP contribution in [0.3, 0.4) is 0 Å². The number of carbonyl (C=O) groups excluding carboxylic acids is 2. The highest BCUT2D eigenvalue weighted by molar-refractivity contribution is 5.86. The summed E-state index contributed by atoms with van der Waals surface area (Å²) in [5.74, 6) is 0.370. The molecule has 4 rings (SSSR count). The Hall–Kier alpha value is -1.16. The number of fused-ring (bicyclic) bond motifs is 2. The van der Waals surface area contributed by atoms with Gasteiger partial charge in [-0.05, 0) is 55.4 Å². The number of hydrogen-bond donors (Lipinski definition) is 1. The van der Waals surface area contributed by atoms with Gasteiger partial charge in [-0.15, -0.1) is 0 Å². The first kappa shape index (κ1) is 17.3. The second kappa shape index (κ2) is 4.97. The van der Waals surface area contributed by atoms with Gasteiger partial charge in [-0.3, -0.25) is 4.79 Å². The van der Waals surface area contributed by atoms with E-state index in [0.717, 1.165) is 36.8 Å². The van der Waals surface area contributed by atoms with Crippen molar-refractivity contribution in [3.63, 3.8) is 0 Å². The average molecular weight is 346 g/mol. The van der Waals surface area contributed by atoms with Gasteiger partial charge in [0.25, 0.3) is 0 Å². The lowest BCUT2D eigenvalue weighted by Crippen LogP contribution is -2.67. The van der Waals surface area contributed by atoms with Crippen molar-refractivity contribution in [3.8, 4) is 0 Å². The average Bonchev–Trinajstić information content (AvgIpc) is 2.52. The normalized spacial score (nSPS) is 48.6. The Morgan fingerprint density at radius 2 is 1.76 bits per heavy atom. The monoisotopic (exact) mass is 346 g/mol. The lowest BCUT2D eigenvalue weighted by atomic mass is 9.39. The first-order valence-electron chi connectivity index (χ1n) is 9.66. The Morgan fingerprint density at radius 1 is 1.08 bits per heavy atom. The van der Waals surface area contributed by atoms with Crippen LogP contribution in [0.1, 0.15) is 66.7 Å². The highest BCUT2D eigenvalue weighted by Crippen LogP contribution is 2.69. The van der Waals surface area contributed by atoms with Gasteiger partial charge < -0.3 is 9.84 Å². The van der Waals surface area contributed by atoms with Crippen LogP contribution in [0.15, 0.2) is 11.1 Å². The molecule has 6 atom stereocenters. The van der Waals surface area contributed by atoms with Crippen molar-refractivity contribution < 1.29 is 19.4 Å². The predicted octanol–water partition coefficient (Wildman–Crippen LogP) is 3.42. The van der Waals surface area contributed by atoms with Crippen molar-refractivity contribution in [1.82, 2.24) is 0 Å². The summed E-state index contributed by atoms with van der Waals surface area (Å²) in [6.07, 6.45) is 2.87. The standard InChI is InChI=1S/C21H30O4/c1-11-6-7-12-20(4)9-8-14(22)19(2,3)13(20)10-15-21(12,5)16(11)17(23)18(24)25-15/h12-13,15,17,23H,6-10H2,1-5H3. The van der Waals surface area contributed by atoms with E-state index in [4.69, 9.17) is 4.74 Å². The molecule has 1 N–H and O–H groups in total. The number of esters is 1. The number of aliphatic hydroxyl groups excluding tert-OH is 1. The Labute approximate surface area is 150 Å². The molecule has 1 saturated heterocycles. The molecule has 3 aliphatic carbocycles. The van der Waals surface area contributed by atoms with Crippen LogP contribution < -0.4 is 0 Å². The van der Waals surface area contributed by atoms with E-state index in [1.54, 1.807) is 0 Å². The van der Waals surface area contributed by atoms with Gasteiger partial charge in [-0.2, -0.15) is 0 Å². The van der Waals surface area contributed by atoms with Crippen LogP contribution in [0.4, 0.5) is 0 Å². The van der Waals surface area contributed by atoms with Gasteiger partial charge in [0, 0.05) is 17.3 Å². The smallest absolute Gasteiger partial charge is 0.339 e. The number of rotatable bonds is 0. The van der Waals surface area contributed by atoms with E-state index in [0.29, 0.717) is 18.1 Å². The molecule has 1 aliphatic heterocycles. The second-order valence-corrected chi connectivity index (χ2v) is 9.83. The van der Waals surface area contributed by atoms with Gasteiger partial charge in [0.15, 0.2) is 6.10 Å². The summed E-state index contributed by atoms with van der Waals surface area (Å²) in [5.41, 5.74) is 1.42. The Bertz CT molecular complexity index is 690. The molecule has 4 heteroatoms. The third-order valence-corrected chi connectivity index (χ3v) is 8.52. The molecule has 0 aromatic rings. The highest BCUT2D eigenvalue weighted by atomic mass is 16.6. The molecule has 0 bridgehead atoms. The zero-order valence-electron chi connectivity index (χ0n) is 16.0. The summed E-state index contributed by atoms with van der Waals surface area (Å²) in [6.45, 7) is 10.7. The van der Waals surface area contributed by atoms with Gasteiger partial charge in [-0.25, -0.2) is 4.79 Å². The highest BCUT2D eigenvalue weighted by Gasteiger charge is 2.68. The van der Waals surface area contributed by atoms with Crippen LogP contribution in [0.25, 0.3) is 0 Å². The minimum Gasteiger partial charge on any atom is -0.459 e. The lowest BCUT2D eigenvalue weighted by Gasteiger charge is -2.67. The number of ether oxygens (including phenoxy) is 1. The zero-order chi connectivity index (χ0) is 18.4. The molecule has 0 spiro atoms. The number of hydrogen-bond acceptors (Lipinski definition) is 4. The van der Waals surface area contributed by atoms with Crippen LogP contribution in [0, 0.1) is 28.1 Å². The molecule has 0 radical (unpaired) electrons. The van der Waals surface area contributed by atoms with E-state index in [1.165, 1.54) is 0 Å². The number of carbonyl (C=O) groups is 2. The molecular weight excluding hydrogens is 316 g/mol. The molecule has 1 heterocycles. The summed E-state index contributed by atoms with van der Waals surface area (Å²) >= 11 is 0. The summed E-state index contributed by atoms with van der Waals surface area (Å²) in [7, 11) is 0. The molecule has 2 saturated carbocycles. The Balaban J connectivity index is 1.89. The Kier molecular flexibility index (Phi) is 3.43. The van der Waals surface area contributed by atoms with Crippen molar-refractivity contribution in [2.24, 2.45) is 28.1 Å². The van der Waals surface area contributed by atoms with Crippen LogP contribution in [-0.2, 0) is 14.3 Å². The lowest BCUT2D eigenvalue weighted by molar-refractivity contribution is -0.216. The molecule has 25 heavy (non-hydrogen) atoms. The predicted molar refractivity (Wildman–Crippen MR) is 93.7 cm³/mol. The largest absolute Gasteiger partial charge is 0.459 e. The number of aliphatic hydroxyl groups is 1. The molecule has 0 aromatic carbocycles.